The Morgan fingerprint density at radius 3 is 2.79 bits per heavy atom. The van der Waals surface area contributed by atoms with Crippen molar-refractivity contribution in [3.8, 4) is 10.6 Å². The summed E-state index contributed by atoms with van der Waals surface area (Å²) in [5.74, 6) is -0.598. The van der Waals surface area contributed by atoms with Crippen LogP contribution in [0, 0.1) is 6.92 Å². The number of nitrogens with zero attached hydrogens (tertiary/aromatic N) is 4. The highest BCUT2D eigenvalue weighted by molar-refractivity contribution is 7.19. The van der Waals surface area contributed by atoms with Gasteiger partial charge < -0.3 is 11.1 Å². The molecule has 0 aliphatic heterocycles. The number of carbonyl (C=O) groups excluding carboxylic acids is 2. The van der Waals surface area contributed by atoms with Crippen LogP contribution in [0.15, 0.2) is 43.0 Å². The third-order valence-corrected chi connectivity index (χ3v) is 5.47. The maximum absolute atomic E-state index is 12.7. The second-order valence-electron chi connectivity index (χ2n) is 6.84. The van der Waals surface area contributed by atoms with Gasteiger partial charge in [-0.25, -0.2) is 4.98 Å². The number of carbonyl (C=O) groups is 2. The Balaban J connectivity index is 1.68. The van der Waals surface area contributed by atoms with Crippen LogP contribution in [0.1, 0.15) is 32.0 Å². The lowest BCUT2D eigenvalue weighted by Gasteiger charge is -2.26. The highest BCUT2D eigenvalue weighted by atomic mass is 32.1. The molecule has 9 heteroatoms. The molecule has 28 heavy (non-hydrogen) atoms. The van der Waals surface area contributed by atoms with Gasteiger partial charge >= 0.3 is 0 Å². The lowest BCUT2D eigenvalue weighted by molar-refractivity contribution is -0.130. The van der Waals surface area contributed by atoms with Gasteiger partial charge in [-0.1, -0.05) is 11.3 Å². The van der Waals surface area contributed by atoms with Crippen molar-refractivity contribution in [2.24, 2.45) is 5.73 Å². The van der Waals surface area contributed by atoms with Crippen molar-refractivity contribution in [2.75, 3.05) is 5.32 Å². The molecule has 3 heterocycles. The number of thiazole rings is 1. The van der Waals surface area contributed by atoms with Gasteiger partial charge in [0.2, 0.25) is 5.91 Å². The number of rotatable bonds is 7. The van der Waals surface area contributed by atoms with E-state index in [0.29, 0.717) is 10.7 Å². The first-order valence-corrected chi connectivity index (χ1v) is 9.59. The summed E-state index contributed by atoms with van der Waals surface area (Å²) in [5.41, 5.74) is 6.44. The Labute approximate surface area is 166 Å². The van der Waals surface area contributed by atoms with Crippen LogP contribution in [0.2, 0.25) is 0 Å². The number of hydrogen-bond donors (Lipinski definition) is 2. The monoisotopic (exact) mass is 398 g/mol. The van der Waals surface area contributed by atoms with Crippen LogP contribution >= 0.6 is 11.3 Å². The van der Waals surface area contributed by atoms with E-state index in [1.807, 2.05) is 19.1 Å². The highest BCUT2D eigenvalue weighted by Gasteiger charge is 2.35. The zero-order chi connectivity index (χ0) is 20.3. The lowest BCUT2D eigenvalue weighted by atomic mass is 9.89. The minimum atomic E-state index is -1.32. The Hall–Kier alpha value is -2.91. The molecule has 0 bridgehead atoms. The van der Waals surface area contributed by atoms with Crippen molar-refractivity contribution in [3.63, 3.8) is 0 Å². The summed E-state index contributed by atoms with van der Waals surface area (Å²) in [6.07, 6.45) is 6.55. The Morgan fingerprint density at radius 1 is 1.36 bits per heavy atom. The summed E-state index contributed by atoms with van der Waals surface area (Å²) in [7, 11) is 0. The third-order valence-electron chi connectivity index (χ3n) is 4.35. The van der Waals surface area contributed by atoms with Gasteiger partial charge in [0.05, 0.1) is 17.7 Å². The molecule has 3 aromatic heterocycles. The standard InChI is InChI=1S/C19H22N6O2S/c1-12-17(28-18(23-12)14-6-4-7-21-11-14)24-15(26)10-19(3,20)16(27)13(2)25-9-5-8-22-25/h4-9,11,13H,10,20H2,1-3H3,(H,24,26). The van der Waals surface area contributed by atoms with E-state index in [-0.39, 0.29) is 18.1 Å². The minimum absolute atomic E-state index is 0.142. The SMILES string of the molecule is Cc1nc(-c2cccnc2)sc1NC(=O)CC(C)(N)C(=O)C(C)n1cccn1. The topological polar surface area (TPSA) is 116 Å². The lowest BCUT2D eigenvalue weighted by Crippen LogP contribution is -2.50. The molecule has 0 radical (unpaired) electrons. The van der Waals surface area contributed by atoms with E-state index in [2.05, 4.69) is 20.4 Å². The van der Waals surface area contributed by atoms with Gasteiger partial charge in [-0.2, -0.15) is 5.10 Å². The molecule has 0 aromatic carbocycles. The van der Waals surface area contributed by atoms with Gasteiger partial charge in [-0.3, -0.25) is 19.3 Å². The van der Waals surface area contributed by atoms with Crippen LogP contribution in [-0.2, 0) is 9.59 Å². The molecule has 0 aliphatic rings. The summed E-state index contributed by atoms with van der Waals surface area (Å²) in [4.78, 5) is 33.8. The van der Waals surface area contributed by atoms with Crippen molar-refractivity contribution in [1.82, 2.24) is 19.7 Å². The van der Waals surface area contributed by atoms with E-state index in [9.17, 15) is 9.59 Å². The molecule has 0 fully saturated rings. The van der Waals surface area contributed by atoms with Crippen LogP contribution in [0.25, 0.3) is 10.6 Å². The molecule has 2 unspecified atom stereocenters. The molecular formula is C19H22N6O2S. The number of hydrogen-bond acceptors (Lipinski definition) is 7. The van der Waals surface area contributed by atoms with Crippen LogP contribution in [0.4, 0.5) is 5.00 Å². The largest absolute Gasteiger partial charge is 0.319 e. The number of aryl methyl sites for hydroxylation is 1. The van der Waals surface area contributed by atoms with E-state index in [4.69, 9.17) is 5.73 Å². The number of anilines is 1. The maximum atomic E-state index is 12.7. The average molecular weight is 398 g/mol. The van der Waals surface area contributed by atoms with E-state index < -0.39 is 11.6 Å². The molecule has 146 valence electrons. The normalized spacial score (nSPS) is 14.3. The smallest absolute Gasteiger partial charge is 0.227 e. The quantitative estimate of drug-likeness (QED) is 0.632. The second-order valence-corrected chi connectivity index (χ2v) is 7.84. The summed E-state index contributed by atoms with van der Waals surface area (Å²) < 4.78 is 1.53. The van der Waals surface area contributed by atoms with Crippen molar-refractivity contribution in [2.45, 2.75) is 38.8 Å². The van der Waals surface area contributed by atoms with Crippen LogP contribution in [-0.4, -0.2) is 37.0 Å². The first-order chi connectivity index (χ1) is 13.3. The number of nitrogens with two attached hydrogens (primary N) is 1. The van der Waals surface area contributed by atoms with Gasteiger partial charge in [0.25, 0.3) is 0 Å². The molecule has 0 spiro atoms. The molecule has 3 aromatic rings. The Bertz CT molecular complexity index is 966. The van der Waals surface area contributed by atoms with E-state index in [1.54, 1.807) is 44.7 Å². The zero-order valence-electron chi connectivity index (χ0n) is 15.9. The molecule has 3 N–H and O–H groups in total. The molecule has 0 saturated carbocycles. The summed E-state index contributed by atoms with van der Waals surface area (Å²) in [6.45, 7) is 5.10. The van der Waals surface area contributed by atoms with Gasteiger partial charge in [0, 0.05) is 30.4 Å². The van der Waals surface area contributed by atoms with Crippen molar-refractivity contribution < 1.29 is 9.59 Å². The van der Waals surface area contributed by atoms with Gasteiger partial charge in [-0.05, 0) is 39.0 Å². The van der Waals surface area contributed by atoms with Gasteiger partial charge in [-0.15, -0.1) is 0 Å². The average Bonchev–Trinajstić information content (AvgIpc) is 3.31. The van der Waals surface area contributed by atoms with Gasteiger partial charge in [0.1, 0.15) is 16.1 Å². The number of ketones is 1. The zero-order valence-corrected chi connectivity index (χ0v) is 16.7. The molecule has 2 atom stereocenters. The second kappa shape index (κ2) is 7.99. The molecule has 8 nitrogen and oxygen atoms in total. The highest BCUT2D eigenvalue weighted by Crippen LogP contribution is 2.31. The van der Waals surface area contributed by atoms with E-state index in [0.717, 1.165) is 10.6 Å². The van der Waals surface area contributed by atoms with Gasteiger partial charge in [0.15, 0.2) is 5.78 Å². The summed E-state index contributed by atoms with van der Waals surface area (Å²) in [5, 5.41) is 8.29. The molecule has 3 rings (SSSR count). The fourth-order valence-electron chi connectivity index (χ4n) is 2.82. The fraction of sp³-hybridized carbons (Fsp3) is 0.316. The van der Waals surface area contributed by atoms with Crippen molar-refractivity contribution >= 4 is 28.0 Å². The fourth-order valence-corrected chi connectivity index (χ4v) is 3.80. The molecule has 0 aliphatic carbocycles. The predicted octanol–water partition coefficient (Wildman–Crippen LogP) is 2.59. The number of amides is 1. The number of nitrogens with one attached hydrogen (secondary N) is 1. The predicted molar refractivity (Wildman–Crippen MR) is 108 cm³/mol. The summed E-state index contributed by atoms with van der Waals surface area (Å²) >= 11 is 1.36. The first-order valence-electron chi connectivity index (χ1n) is 8.78. The summed E-state index contributed by atoms with van der Waals surface area (Å²) in [6, 6.07) is 4.91. The third kappa shape index (κ3) is 4.32. The first kappa shape index (κ1) is 19.8. The van der Waals surface area contributed by atoms with Crippen molar-refractivity contribution in [1.29, 1.82) is 0 Å². The molecule has 0 saturated heterocycles. The maximum Gasteiger partial charge on any atom is 0.227 e. The van der Waals surface area contributed by atoms with Crippen LogP contribution in [0.3, 0.4) is 0 Å². The van der Waals surface area contributed by atoms with E-state index >= 15 is 0 Å². The van der Waals surface area contributed by atoms with Crippen molar-refractivity contribution in [3.05, 3.63) is 48.7 Å². The number of aromatic nitrogens is 4. The minimum Gasteiger partial charge on any atom is -0.319 e. The van der Waals surface area contributed by atoms with E-state index in [1.165, 1.54) is 16.0 Å². The van der Waals surface area contributed by atoms with Crippen LogP contribution in [0.5, 0.6) is 0 Å². The van der Waals surface area contributed by atoms with Crippen LogP contribution < -0.4 is 11.1 Å². The number of pyridine rings is 1. The molecular weight excluding hydrogens is 376 g/mol. The molecule has 1 amide bonds. The number of Topliss-reactive ketones (excluding diaryl/α,β-unsaturated/α-hetero) is 1. The Kier molecular flexibility index (Phi) is 5.66. The Morgan fingerprint density at radius 2 is 2.14 bits per heavy atom.